The molecule has 0 bridgehead atoms. The molecule has 1 rings (SSSR count). The third-order valence-corrected chi connectivity index (χ3v) is 1.98. The lowest BCUT2D eigenvalue weighted by Gasteiger charge is -2.13. The molecule has 0 aliphatic heterocycles. The fourth-order valence-corrected chi connectivity index (χ4v) is 1.13. The molecule has 0 aliphatic rings. The number of hydrogen-bond acceptors (Lipinski definition) is 5. The first-order chi connectivity index (χ1) is 8.04. The van der Waals surface area contributed by atoms with Crippen LogP contribution in [-0.4, -0.2) is 39.5 Å². The molecular weight excluding hydrogens is 224 g/mol. The second kappa shape index (κ2) is 5.78. The summed E-state index contributed by atoms with van der Waals surface area (Å²) in [6, 6.07) is -0.458. The van der Waals surface area contributed by atoms with Crippen LogP contribution >= 0.6 is 0 Å². The van der Waals surface area contributed by atoms with Gasteiger partial charge in [-0.2, -0.15) is 0 Å². The molecule has 1 heterocycles. The van der Waals surface area contributed by atoms with Crippen LogP contribution < -0.4 is 10.6 Å². The smallest absolute Gasteiger partial charge is 0.356 e. The number of carboxylic acids is 1. The van der Waals surface area contributed by atoms with Crippen molar-refractivity contribution < 1.29 is 14.7 Å². The maximum atomic E-state index is 11.4. The van der Waals surface area contributed by atoms with Crippen LogP contribution in [0.1, 0.15) is 24.3 Å². The Kier molecular flexibility index (Phi) is 4.38. The average molecular weight is 238 g/mol. The number of nitrogens with one attached hydrogen (secondary N) is 2. The first-order valence-corrected chi connectivity index (χ1v) is 5.14. The van der Waals surface area contributed by atoms with Crippen molar-refractivity contribution in [1.29, 1.82) is 0 Å². The minimum absolute atomic E-state index is 0.138. The Labute approximate surface area is 98.3 Å². The van der Waals surface area contributed by atoms with Gasteiger partial charge in [-0.3, -0.25) is 4.79 Å². The van der Waals surface area contributed by atoms with Crippen molar-refractivity contribution in [3.05, 3.63) is 18.1 Å². The summed E-state index contributed by atoms with van der Waals surface area (Å²) in [6.45, 7) is 4.05. The molecule has 0 spiro atoms. The molecule has 3 N–H and O–H groups in total. The summed E-state index contributed by atoms with van der Waals surface area (Å²) in [6.07, 6.45) is 2.41. The van der Waals surface area contributed by atoms with E-state index in [4.69, 9.17) is 5.11 Å². The number of amides is 1. The predicted molar refractivity (Wildman–Crippen MR) is 60.8 cm³/mol. The number of anilines is 1. The molecular formula is C10H14N4O3. The molecule has 1 aromatic rings. The largest absolute Gasteiger partial charge is 0.476 e. The summed E-state index contributed by atoms with van der Waals surface area (Å²) in [7, 11) is 0. The lowest BCUT2D eigenvalue weighted by molar-refractivity contribution is -0.121. The second-order valence-electron chi connectivity index (χ2n) is 3.35. The molecule has 1 unspecified atom stereocenters. The van der Waals surface area contributed by atoms with E-state index in [0.717, 1.165) is 6.20 Å². The molecule has 0 aromatic carbocycles. The van der Waals surface area contributed by atoms with Gasteiger partial charge >= 0.3 is 5.97 Å². The molecule has 0 radical (unpaired) electrons. The number of rotatable bonds is 5. The van der Waals surface area contributed by atoms with Crippen molar-refractivity contribution in [2.45, 2.75) is 19.9 Å². The van der Waals surface area contributed by atoms with E-state index in [0.29, 0.717) is 12.4 Å². The zero-order valence-electron chi connectivity index (χ0n) is 9.60. The Morgan fingerprint density at radius 2 is 2.12 bits per heavy atom. The number of carbonyl (C=O) groups is 2. The highest BCUT2D eigenvalue weighted by atomic mass is 16.4. The van der Waals surface area contributed by atoms with Crippen LogP contribution in [0.15, 0.2) is 12.4 Å². The van der Waals surface area contributed by atoms with Gasteiger partial charge in [0.1, 0.15) is 11.9 Å². The van der Waals surface area contributed by atoms with E-state index in [1.807, 2.05) is 6.92 Å². The molecule has 1 aromatic heterocycles. The minimum Gasteiger partial charge on any atom is -0.476 e. The van der Waals surface area contributed by atoms with Gasteiger partial charge in [-0.15, -0.1) is 0 Å². The predicted octanol–water partition coefficient (Wildman–Crippen LogP) is 0.111. The van der Waals surface area contributed by atoms with Gasteiger partial charge < -0.3 is 15.7 Å². The van der Waals surface area contributed by atoms with Crippen LogP contribution in [0.5, 0.6) is 0 Å². The Morgan fingerprint density at radius 3 is 2.59 bits per heavy atom. The number of carbonyl (C=O) groups excluding carboxylic acids is 1. The van der Waals surface area contributed by atoms with Gasteiger partial charge in [-0.1, -0.05) is 0 Å². The van der Waals surface area contributed by atoms with Gasteiger partial charge in [0.25, 0.3) is 0 Å². The SMILES string of the molecule is CCNC(=O)C(C)Nc1cnc(C(=O)O)cn1. The summed E-state index contributed by atoms with van der Waals surface area (Å²) in [5.41, 5.74) is -0.138. The van der Waals surface area contributed by atoms with E-state index >= 15 is 0 Å². The van der Waals surface area contributed by atoms with Gasteiger partial charge in [0.05, 0.1) is 12.4 Å². The van der Waals surface area contributed by atoms with Crippen molar-refractivity contribution in [3.8, 4) is 0 Å². The van der Waals surface area contributed by atoms with Crippen molar-refractivity contribution in [2.75, 3.05) is 11.9 Å². The molecule has 0 aliphatic carbocycles. The number of likely N-dealkylation sites (N-methyl/N-ethyl adjacent to an activating group) is 1. The highest BCUT2D eigenvalue weighted by Gasteiger charge is 2.12. The maximum absolute atomic E-state index is 11.4. The topological polar surface area (TPSA) is 104 Å². The van der Waals surface area contributed by atoms with Crippen LogP contribution in [-0.2, 0) is 4.79 Å². The van der Waals surface area contributed by atoms with E-state index < -0.39 is 12.0 Å². The van der Waals surface area contributed by atoms with E-state index in [-0.39, 0.29) is 11.6 Å². The summed E-state index contributed by atoms with van der Waals surface area (Å²) in [5, 5.41) is 14.1. The van der Waals surface area contributed by atoms with Gasteiger partial charge in [-0.25, -0.2) is 14.8 Å². The monoisotopic (exact) mass is 238 g/mol. The maximum Gasteiger partial charge on any atom is 0.356 e. The lowest BCUT2D eigenvalue weighted by Crippen LogP contribution is -2.37. The molecule has 92 valence electrons. The zero-order valence-corrected chi connectivity index (χ0v) is 9.60. The van der Waals surface area contributed by atoms with E-state index in [1.54, 1.807) is 6.92 Å². The number of aromatic nitrogens is 2. The highest BCUT2D eigenvalue weighted by Crippen LogP contribution is 2.03. The third kappa shape index (κ3) is 3.71. The average Bonchev–Trinajstić information content (AvgIpc) is 2.30. The van der Waals surface area contributed by atoms with Crippen molar-refractivity contribution in [1.82, 2.24) is 15.3 Å². The zero-order chi connectivity index (χ0) is 12.8. The molecule has 0 saturated carbocycles. The van der Waals surface area contributed by atoms with E-state index in [1.165, 1.54) is 6.20 Å². The minimum atomic E-state index is -1.14. The van der Waals surface area contributed by atoms with Crippen LogP contribution in [0.3, 0.4) is 0 Å². The van der Waals surface area contributed by atoms with Crippen molar-refractivity contribution in [2.24, 2.45) is 0 Å². The summed E-state index contributed by atoms with van der Waals surface area (Å²) < 4.78 is 0. The summed E-state index contributed by atoms with van der Waals surface area (Å²) in [5.74, 6) is -0.939. The number of hydrogen-bond donors (Lipinski definition) is 3. The van der Waals surface area contributed by atoms with Crippen LogP contribution in [0, 0.1) is 0 Å². The van der Waals surface area contributed by atoms with Crippen LogP contribution in [0.25, 0.3) is 0 Å². The summed E-state index contributed by atoms with van der Waals surface area (Å²) in [4.78, 5) is 29.5. The summed E-state index contributed by atoms with van der Waals surface area (Å²) >= 11 is 0. The fraction of sp³-hybridized carbons (Fsp3) is 0.400. The fourth-order valence-electron chi connectivity index (χ4n) is 1.13. The number of aromatic carboxylic acids is 1. The third-order valence-electron chi connectivity index (χ3n) is 1.98. The normalized spacial score (nSPS) is 11.6. The molecule has 7 nitrogen and oxygen atoms in total. The second-order valence-corrected chi connectivity index (χ2v) is 3.35. The first-order valence-electron chi connectivity index (χ1n) is 5.14. The van der Waals surface area contributed by atoms with Crippen molar-refractivity contribution in [3.63, 3.8) is 0 Å². The van der Waals surface area contributed by atoms with Crippen molar-refractivity contribution >= 4 is 17.7 Å². The van der Waals surface area contributed by atoms with Gasteiger partial charge in [-0.05, 0) is 13.8 Å². The molecule has 7 heteroatoms. The van der Waals surface area contributed by atoms with Gasteiger partial charge in [0, 0.05) is 6.54 Å². The molecule has 0 fully saturated rings. The Balaban J connectivity index is 2.63. The highest BCUT2D eigenvalue weighted by molar-refractivity contribution is 5.85. The Morgan fingerprint density at radius 1 is 1.41 bits per heavy atom. The van der Waals surface area contributed by atoms with Crippen LogP contribution in [0.2, 0.25) is 0 Å². The van der Waals surface area contributed by atoms with E-state index in [9.17, 15) is 9.59 Å². The standard InChI is InChI=1S/C10H14N4O3/c1-3-11-9(15)6(2)14-8-5-12-7(4-13-8)10(16)17/h4-6H,3H2,1-2H3,(H,11,15)(H,13,14)(H,16,17). The quantitative estimate of drug-likeness (QED) is 0.672. The van der Waals surface area contributed by atoms with E-state index in [2.05, 4.69) is 20.6 Å². The molecule has 17 heavy (non-hydrogen) atoms. The van der Waals surface area contributed by atoms with Gasteiger partial charge in [0.2, 0.25) is 5.91 Å². The molecule has 0 saturated heterocycles. The molecule has 1 amide bonds. The lowest BCUT2D eigenvalue weighted by atomic mass is 10.3. The number of nitrogens with zero attached hydrogens (tertiary/aromatic N) is 2. The Bertz CT molecular complexity index is 405. The molecule has 1 atom stereocenters. The van der Waals surface area contributed by atoms with Crippen LogP contribution in [0.4, 0.5) is 5.82 Å². The van der Waals surface area contributed by atoms with Gasteiger partial charge in [0.15, 0.2) is 5.69 Å². The number of carboxylic acid groups (broad SMARTS) is 1. The Hall–Kier alpha value is -2.18. The first kappa shape index (κ1) is 12.9.